The fraction of sp³-hybridized carbons (Fsp3) is 0.273. The lowest BCUT2D eigenvalue weighted by molar-refractivity contribution is 0.943. The smallest absolute Gasteiger partial charge is 0.271 e. The predicted octanol–water partition coefficient (Wildman–Crippen LogP) is 0.328. The van der Waals surface area contributed by atoms with Gasteiger partial charge in [-0.05, 0) is 6.92 Å². The summed E-state index contributed by atoms with van der Waals surface area (Å²) < 4.78 is 0. The lowest BCUT2D eigenvalue weighted by atomic mass is 10.3. The van der Waals surface area contributed by atoms with Crippen molar-refractivity contribution < 1.29 is 0 Å². The van der Waals surface area contributed by atoms with Crippen molar-refractivity contribution in [1.82, 2.24) is 19.9 Å². The van der Waals surface area contributed by atoms with Crippen LogP contribution in [0.25, 0.3) is 0 Å². The first kappa shape index (κ1) is 11.9. The van der Waals surface area contributed by atoms with Crippen molar-refractivity contribution >= 4 is 5.82 Å². The molecule has 0 saturated carbocycles. The second-order valence-electron chi connectivity index (χ2n) is 3.74. The largest absolute Gasteiger partial charge is 0.368 e. The van der Waals surface area contributed by atoms with Crippen molar-refractivity contribution in [3.8, 4) is 6.07 Å². The number of nitrogens with zero attached hydrogens (tertiary/aromatic N) is 3. The highest BCUT2D eigenvalue weighted by Gasteiger charge is 2.08. The van der Waals surface area contributed by atoms with Gasteiger partial charge in [0.05, 0.1) is 6.33 Å². The van der Waals surface area contributed by atoms with Gasteiger partial charge in [-0.2, -0.15) is 5.26 Å². The topological polar surface area (TPSA) is 110 Å². The van der Waals surface area contributed by atoms with E-state index >= 15 is 0 Å². The summed E-state index contributed by atoms with van der Waals surface area (Å²) in [6.07, 6.45) is 4.04. The number of aromatic amines is 2. The molecule has 0 unspecified atom stereocenters. The van der Waals surface area contributed by atoms with Gasteiger partial charge in [0.2, 0.25) is 0 Å². The Morgan fingerprint density at radius 1 is 1.56 bits per heavy atom. The minimum absolute atomic E-state index is 0.00482. The van der Waals surface area contributed by atoms with E-state index in [0.717, 1.165) is 5.69 Å². The second-order valence-corrected chi connectivity index (χ2v) is 3.74. The molecule has 2 aromatic rings. The minimum atomic E-state index is -0.422. The van der Waals surface area contributed by atoms with Crippen molar-refractivity contribution in [1.29, 1.82) is 5.26 Å². The fourth-order valence-electron chi connectivity index (χ4n) is 1.55. The van der Waals surface area contributed by atoms with Crippen molar-refractivity contribution in [3.05, 3.63) is 40.0 Å². The zero-order valence-corrected chi connectivity index (χ0v) is 9.82. The molecule has 0 aromatic carbocycles. The third kappa shape index (κ3) is 2.55. The molecule has 0 radical (unpaired) electrons. The summed E-state index contributed by atoms with van der Waals surface area (Å²) in [6.45, 7) is 2.23. The van der Waals surface area contributed by atoms with Crippen LogP contribution in [-0.4, -0.2) is 26.5 Å². The molecule has 3 N–H and O–H groups in total. The van der Waals surface area contributed by atoms with Crippen LogP contribution >= 0.6 is 0 Å². The van der Waals surface area contributed by atoms with Crippen LogP contribution in [-0.2, 0) is 6.42 Å². The predicted molar refractivity (Wildman–Crippen MR) is 65.1 cm³/mol. The highest BCUT2D eigenvalue weighted by Crippen LogP contribution is 2.06. The molecule has 92 valence electrons. The highest BCUT2D eigenvalue weighted by atomic mass is 16.1. The monoisotopic (exact) mass is 244 g/mol. The average molecular weight is 244 g/mol. The number of aryl methyl sites for hydroxylation is 1. The molecule has 0 spiro atoms. The second kappa shape index (κ2) is 5.14. The molecule has 7 nitrogen and oxygen atoms in total. The summed E-state index contributed by atoms with van der Waals surface area (Å²) in [5.41, 5.74) is 0.557. The van der Waals surface area contributed by atoms with Crippen LogP contribution in [0, 0.1) is 18.3 Å². The maximum Gasteiger partial charge on any atom is 0.271 e. The first-order valence-electron chi connectivity index (χ1n) is 5.43. The summed E-state index contributed by atoms with van der Waals surface area (Å²) in [5.74, 6) is 0.793. The van der Waals surface area contributed by atoms with Crippen LogP contribution in [0.1, 0.15) is 17.1 Å². The molecule has 0 bridgehead atoms. The Morgan fingerprint density at radius 3 is 3.06 bits per heavy atom. The van der Waals surface area contributed by atoms with Crippen LogP contribution in [0.5, 0.6) is 0 Å². The molecule has 0 fully saturated rings. The summed E-state index contributed by atoms with van der Waals surface area (Å²) in [6, 6.07) is 1.85. The number of hydrogen-bond donors (Lipinski definition) is 3. The SMILES string of the molecule is Cc1nc(NCCc2cnc[nH]2)c(C#N)c(=O)[nH]1. The van der Waals surface area contributed by atoms with Gasteiger partial charge in [-0.25, -0.2) is 9.97 Å². The Kier molecular flexibility index (Phi) is 3.38. The van der Waals surface area contributed by atoms with Gasteiger partial charge in [0.25, 0.3) is 5.56 Å². The van der Waals surface area contributed by atoms with Crippen molar-refractivity contribution in [2.24, 2.45) is 0 Å². The number of rotatable bonds is 4. The molecule has 0 aliphatic carbocycles. The third-order valence-corrected chi connectivity index (χ3v) is 2.39. The summed E-state index contributed by atoms with van der Waals surface area (Å²) in [7, 11) is 0. The summed E-state index contributed by atoms with van der Waals surface area (Å²) in [4.78, 5) is 25.0. The van der Waals surface area contributed by atoms with E-state index in [1.54, 1.807) is 19.4 Å². The van der Waals surface area contributed by atoms with Gasteiger partial charge in [0, 0.05) is 24.9 Å². The molecule has 7 heteroatoms. The third-order valence-electron chi connectivity index (χ3n) is 2.39. The van der Waals surface area contributed by atoms with E-state index in [1.165, 1.54) is 0 Å². The molecule has 0 atom stereocenters. The van der Waals surface area contributed by atoms with Crippen LogP contribution in [0.15, 0.2) is 17.3 Å². The Balaban J connectivity index is 2.09. The Morgan fingerprint density at radius 2 is 2.39 bits per heavy atom. The van der Waals surface area contributed by atoms with Crippen molar-refractivity contribution in [2.75, 3.05) is 11.9 Å². The fourth-order valence-corrected chi connectivity index (χ4v) is 1.55. The molecule has 0 aliphatic heterocycles. The van der Waals surface area contributed by atoms with E-state index in [1.807, 2.05) is 6.07 Å². The normalized spacial score (nSPS) is 10.0. The zero-order chi connectivity index (χ0) is 13.0. The average Bonchev–Trinajstić information content (AvgIpc) is 2.81. The maximum absolute atomic E-state index is 11.5. The van der Waals surface area contributed by atoms with Gasteiger partial charge in [0.1, 0.15) is 11.9 Å². The molecule has 0 saturated heterocycles. The van der Waals surface area contributed by atoms with Crippen LogP contribution in [0.3, 0.4) is 0 Å². The highest BCUT2D eigenvalue weighted by molar-refractivity contribution is 5.50. The van der Waals surface area contributed by atoms with E-state index in [0.29, 0.717) is 24.6 Å². The molecular weight excluding hydrogens is 232 g/mol. The molecule has 2 aromatic heterocycles. The maximum atomic E-state index is 11.5. The van der Waals surface area contributed by atoms with Crippen molar-refractivity contribution in [3.63, 3.8) is 0 Å². The Bertz CT molecular complexity index is 622. The molecule has 18 heavy (non-hydrogen) atoms. The lowest BCUT2D eigenvalue weighted by Crippen LogP contribution is -2.18. The van der Waals surface area contributed by atoms with Crippen LogP contribution in [0.4, 0.5) is 5.82 Å². The number of H-pyrrole nitrogens is 2. The Labute approximate surface area is 103 Å². The van der Waals surface area contributed by atoms with E-state index in [4.69, 9.17) is 5.26 Å². The molecule has 2 heterocycles. The van der Waals surface area contributed by atoms with Gasteiger partial charge in [-0.3, -0.25) is 4.79 Å². The standard InChI is InChI=1S/C11H12N6O/c1-7-16-10(9(4-12)11(18)17-7)14-3-2-8-5-13-6-15-8/h5-6H,2-3H2,1H3,(H,13,15)(H2,14,16,17,18). The molecule has 0 amide bonds. The van der Waals surface area contributed by atoms with E-state index in [2.05, 4.69) is 25.3 Å². The van der Waals surface area contributed by atoms with E-state index < -0.39 is 5.56 Å². The number of anilines is 1. The number of nitriles is 1. The quantitative estimate of drug-likeness (QED) is 0.717. The number of aromatic nitrogens is 4. The van der Waals surface area contributed by atoms with Gasteiger partial charge >= 0.3 is 0 Å². The lowest BCUT2D eigenvalue weighted by Gasteiger charge is -2.06. The van der Waals surface area contributed by atoms with Crippen molar-refractivity contribution in [2.45, 2.75) is 13.3 Å². The number of hydrogen-bond acceptors (Lipinski definition) is 5. The minimum Gasteiger partial charge on any atom is -0.368 e. The summed E-state index contributed by atoms with van der Waals surface area (Å²) in [5, 5.41) is 11.9. The first-order chi connectivity index (χ1) is 8.70. The van der Waals surface area contributed by atoms with E-state index in [9.17, 15) is 4.79 Å². The van der Waals surface area contributed by atoms with Crippen LogP contribution in [0.2, 0.25) is 0 Å². The first-order valence-corrected chi connectivity index (χ1v) is 5.43. The Hall–Kier alpha value is -2.62. The summed E-state index contributed by atoms with van der Waals surface area (Å²) >= 11 is 0. The number of nitrogens with one attached hydrogen (secondary N) is 3. The number of imidazole rings is 1. The molecule has 0 aliphatic rings. The van der Waals surface area contributed by atoms with Gasteiger partial charge in [-0.15, -0.1) is 0 Å². The van der Waals surface area contributed by atoms with E-state index in [-0.39, 0.29) is 5.56 Å². The van der Waals surface area contributed by atoms with Gasteiger partial charge in [0.15, 0.2) is 11.4 Å². The van der Waals surface area contributed by atoms with Gasteiger partial charge in [-0.1, -0.05) is 0 Å². The molecule has 2 rings (SSSR count). The van der Waals surface area contributed by atoms with Gasteiger partial charge < -0.3 is 15.3 Å². The zero-order valence-electron chi connectivity index (χ0n) is 9.82. The molecular formula is C11H12N6O. The van der Waals surface area contributed by atoms with Crippen LogP contribution < -0.4 is 10.9 Å².